The third-order valence-corrected chi connectivity index (χ3v) is 5.63. The van der Waals surface area contributed by atoms with Crippen molar-refractivity contribution in [1.29, 1.82) is 0 Å². The van der Waals surface area contributed by atoms with Crippen molar-refractivity contribution < 1.29 is 28.6 Å². The van der Waals surface area contributed by atoms with Gasteiger partial charge in [0.15, 0.2) is 0 Å². The molecule has 0 spiro atoms. The van der Waals surface area contributed by atoms with E-state index < -0.39 is 17.0 Å². The van der Waals surface area contributed by atoms with Crippen molar-refractivity contribution in [3.63, 3.8) is 0 Å². The van der Waals surface area contributed by atoms with Crippen LogP contribution in [0.5, 0.6) is 0 Å². The number of hydrogen-bond acceptors (Lipinski definition) is 7. The predicted molar refractivity (Wildman–Crippen MR) is 114 cm³/mol. The highest BCUT2D eigenvalue weighted by molar-refractivity contribution is 5.91. The second kappa shape index (κ2) is 11.8. The maximum Gasteiger partial charge on any atom is 0.336 e. The molecule has 7 nitrogen and oxygen atoms in total. The highest BCUT2D eigenvalue weighted by Gasteiger charge is 2.42. The Kier molecular flexibility index (Phi) is 9.78. The van der Waals surface area contributed by atoms with Gasteiger partial charge >= 0.3 is 11.9 Å². The van der Waals surface area contributed by atoms with Gasteiger partial charge in [0.2, 0.25) is 0 Å². The van der Waals surface area contributed by atoms with Gasteiger partial charge < -0.3 is 19.0 Å². The quantitative estimate of drug-likeness (QED) is 0.246. The fourth-order valence-electron chi connectivity index (χ4n) is 4.03. The van der Waals surface area contributed by atoms with Crippen molar-refractivity contribution in [3.8, 4) is 0 Å². The second-order valence-electron chi connectivity index (χ2n) is 9.42. The van der Waals surface area contributed by atoms with E-state index in [0.717, 1.165) is 38.5 Å². The molecule has 2 aliphatic rings. The molecule has 0 heterocycles. The van der Waals surface area contributed by atoms with Gasteiger partial charge in [-0.05, 0) is 46.5 Å². The predicted octanol–water partition coefficient (Wildman–Crippen LogP) is 3.86. The third-order valence-electron chi connectivity index (χ3n) is 5.63. The molecule has 1 N–H and O–H groups in total. The first kappa shape index (κ1) is 24.8. The molecule has 0 saturated heterocycles. The van der Waals surface area contributed by atoms with E-state index in [2.05, 4.69) is 5.48 Å². The lowest BCUT2D eigenvalue weighted by Crippen LogP contribution is -2.39. The molecule has 0 unspecified atom stereocenters. The van der Waals surface area contributed by atoms with Crippen LogP contribution >= 0.6 is 0 Å². The SMILES string of the molecule is COCCOC/C(=C/C1(C(=O)ONC2CCCCC2)CCCC1)C(=O)OC(C)(C)C. The van der Waals surface area contributed by atoms with E-state index in [4.69, 9.17) is 19.0 Å². The lowest BCUT2D eigenvalue weighted by atomic mass is 9.84. The van der Waals surface area contributed by atoms with E-state index in [0.29, 0.717) is 31.6 Å². The number of esters is 1. The van der Waals surface area contributed by atoms with Crippen LogP contribution in [0.3, 0.4) is 0 Å². The van der Waals surface area contributed by atoms with Crippen LogP contribution in [0.1, 0.15) is 78.6 Å². The van der Waals surface area contributed by atoms with E-state index in [-0.39, 0.29) is 18.6 Å². The highest BCUT2D eigenvalue weighted by Crippen LogP contribution is 2.41. The summed E-state index contributed by atoms with van der Waals surface area (Å²) < 4.78 is 16.2. The van der Waals surface area contributed by atoms with E-state index in [9.17, 15) is 9.59 Å². The van der Waals surface area contributed by atoms with E-state index in [1.54, 1.807) is 13.2 Å². The van der Waals surface area contributed by atoms with Crippen LogP contribution in [0.2, 0.25) is 0 Å². The van der Waals surface area contributed by atoms with E-state index in [1.807, 2.05) is 20.8 Å². The van der Waals surface area contributed by atoms with E-state index in [1.165, 1.54) is 6.42 Å². The number of methoxy groups -OCH3 is 1. The lowest BCUT2D eigenvalue weighted by molar-refractivity contribution is -0.163. The molecule has 2 rings (SSSR count). The van der Waals surface area contributed by atoms with Gasteiger partial charge in [0.1, 0.15) is 5.60 Å². The fourth-order valence-corrected chi connectivity index (χ4v) is 4.03. The average Bonchev–Trinajstić information content (AvgIpc) is 3.18. The normalized spacial score (nSPS) is 20.2. The molecule has 0 aromatic heterocycles. The molecule has 2 saturated carbocycles. The molecule has 7 heteroatoms. The largest absolute Gasteiger partial charge is 0.457 e. The van der Waals surface area contributed by atoms with Crippen molar-refractivity contribution in [2.24, 2.45) is 5.41 Å². The first-order chi connectivity index (χ1) is 14.3. The Morgan fingerprint density at radius 2 is 1.70 bits per heavy atom. The van der Waals surface area contributed by atoms with Gasteiger partial charge in [-0.15, -0.1) is 5.48 Å². The molecule has 0 aromatic rings. The average molecular weight is 426 g/mol. The van der Waals surface area contributed by atoms with Crippen LogP contribution in [0.15, 0.2) is 11.6 Å². The first-order valence-corrected chi connectivity index (χ1v) is 11.2. The molecule has 172 valence electrons. The number of carbonyl (C=O) groups excluding carboxylic acids is 2. The summed E-state index contributed by atoms with van der Waals surface area (Å²) in [4.78, 5) is 31.4. The lowest BCUT2D eigenvalue weighted by Gasteiger charge is -2.28. The molecule has 0 atom stereocenters. The zero-order valence-corrected chi connectivity index (χ0v) is 19.1. The number of carbonyl (C=O) groups is 2. The van der Waals surface area contributed by atoms with Gasteiger partial charge in [-0.2, -0.15) is 0 Å². The minimum Gasteiger partial charge on any atom is -0.457 e. The van der Waals surface area contributed by atoms with Gasteiger partial charge in [-0.1, -0.05) is 38.2 Å². The summed E-state index contributed by atoms with van der Waals surface area (Å²) in [5.41, 5.74) is 1.89. The summed E-state index contributed by atoms with van der Waals surface area (Å²) in [7, 11) is 1.59. The molecule has 0 aliphatic heterocycles. The van der Waals surface area contributed by atoms with Gasteiger partial charge in [-0.25, -0.2) is 9.59 Å². The van der Waals surface area contributed by atoms with Crippen molar-refractivity contribution in [2.45, 2.75) is 90.2 Å². The second-order valence-corrected chi connectivity index (χ2v) is 9.42. The molecule has 2 fully saturated rings. The zero-order valence-electron chi connectivity index (χ0n) is 19.1. The van der Waals surface area contributed by atoms with Crippen LogP contribution in [-0.2, 0) is 28.6 Å². The Hall–Kier alpha value is -1.44. The Balaban J connectivity index is 2.13. The van der Waals surface area contributed by atoms with Crippen LogP contribution in [0, 0.1) is 5.41 Å². The smallest absolute Gasteiger partial charge is 0.336 e. The Bertz CT molecular complexity index is 583. The van der Waals surface area contributed by atoms with Crippen molar-refractivity contribution in [1.82, 2.24) is 5.48 Å². The fraction of sp³-hybridized carbons (Fsp3) is 0.826. The molecule has 0 bridgehead atoms. The van der Waals surface area contributed by atoms with Crippen LogP contribution in [0.4, 0.5) is 0 Å². The van der Waals surface area contributed by atoms with Crippen molar-refractivity contribution in [2.75, 3.05) is 26.9 Å². The topological polar surface area (TPSA) is 83.1 Å². The number of ether oxygens (including phenoxy) is 3. The summed E-state index contributed by atoms with van der Waals surface area (Å²) in [6.07, 6.45) is 10.5. The van der Waals surface area contributed by atoms with Gasteiger partial charge in [0, 0.05) is 13.2 Å². The summed E-state index contributed by atoms with van der Waals surface area (Å²) in [5, 5.41) is 0. The summed E-state index contributed by atoms with van der Waals surface area (Å²) in [5.74, 6) is -0.775. The van der Waals surface area contributed by atoms with Crippen LogP contribution < -0.4 is 5.48 Å². The zero-order chi connectivity index (χ0) is 22.0. The van der Waals surface area contributed by atoms with Gasteiger partial charge in [0.05, 0.1) is 30.8 Å². The maximum atomic E-state index is 13.1. The van der Waals surface area contributed by atoms with Gasteiger partial charge in [0.25, 0.3) is 0 Å². The van der Waals surface area contributed by atoms with Crippen LogP contribution in [-0.4, -0.2) is 50.5 Å². The highest BCUT2D eigenvalue weighted by atomic mass is 16.7. The molecule has 0 aromatic carbocycles. The number of nitrogens with one attached hydrogen (secondary N) is 1. The molecule has 30 heavy (non-hydrogen) atoms. The summed E-state index contributed by atoms with van der Waals surface area (Å²) in [6, 6.07) is 0.216. The third kappa shape index (κ3) is 8.00. The summed E-state index contributed by atoms with van der Waals surface area (Å²) in [6.45, 7) is 6.33. The Morgan fingerprint density at radius 1 is 1.03 bits per heavy atom. The Morgan fingerprint density at radius 3 is 2.30 bits per heavy atom. The molecular formula is C23H39NO6. The standard InChI is InChI=1S/C23H39NO6/c1-22(2,3)29-20(25)18(17-28-15-14-27-4)16-23(12-8-9-13-23)21(26)30-24-19-10-6-5-7-11-19/h16,19,24H,5-15,17H2,1-4H3/b18-16-. The molecule has 0 radical (unpaired) electrons. The van der Waals surface area contributed by atoms with Crippen molar-refractivity contribution >= 4 is 11.9 Å². The molecular weight excluding hydrogens is 386 g/mol. The Labute approximate surface area is 180 Å². The summed E-state index contributed by atoms with van der Waals surface area (Å²) >= 11 is 0. The minimum atomic E-state index is -0.821. The monoisotopic (exact) mass is 425 g/mol. The number of hydroxylamine groups is 1. The van der Waals surface area contributed by atoms with Crippen LogP contribution in [0.25, 0.3) is 0 Å². The minimum absolute atomic E-state index is 0.0728. The molecule has 2 aliphatic carbocycles. The maximum absolute atomic E-state index is 13.1. The van der Waals surface area contributed by atoms with Gasteiger partial charge in [-0.3, -0.25) is 0 Å². The van der Waals surface area contributed by atoms with E-state index >= 15 is 0 Å². The van der Waals surface area contributed by atoms with Crippen molar-refractivity contribution in [3.05, 3.63) is 11.6 Å². The first-order valence-electron chi connectivity index (χ1n) is 11.2. The molecule has 0 amide bonds. The number of hydrogen-bond donors (Lipinski definition) is 1. The number of rotatable bonds is 10.